The second-order valence-corrected chi connectivity index (χ2v) is 5.82. The Morgan fingerprint density at radius 1 is 1.28 bits per heavy atom. The Balaban J connectivity index is 2.06. The molecule has 0 saturated carbocycles. The van der Waals surface area contributed by atoms with E-state index in [4.69, 9.17) is 14.2 Å². The van der Waals surface area contributed by atoms with Crippen LogP contribution in [-0.2, 0) is 14.3 Å². The minimum Gasteiger partial charge on any atom is -0.497 e. The third-order valence-corrected chi connectivity index (χ3v) is 4.20. The maximum absolute atomic E-state index is 12.5. The number of amides is 1. The molecule has 1 aromatic rings. The van der Waals surface area contributed by atoms with Crippen LogP contribution < -0.4 is 9.47 Å². The average Bonchev–Trinajstić information content (AvgIpc) is 2.66. The fraction of sp³-hybridized carbons (Fsp3) is 0.474. The second-order valence-electron chi connectivity index (χ2n) is 5.82. The molecule has 1 heterocycles. The van der Waals surface area contributed by atoms with Crippen LogP contribution in [0.15, 0.2) is 24.3 Å². The summed E-state index contributed by atoms with van der Waals surface area (Å²) in [6.45, 7) is 3.19. The SMILES string of the molecule is CCOC(=O)[C@H]1CCCN(C(=O)/C=C\c2cc(OC)ccc2OC)C1. The molecule has 0 aromatic heterocycles. The van der Waals surface area contributed by atoms with E-state index in [1.165, 1.54) is 6.08 Å². The van der Waals surface area contributed by atoms with Gasteiger partial charge in [-0.3, -0.25) is 9.59 Å². The predicted octanol–water partition coefficient (Wildman–Crippen LogP) is 2.52. The summed E-state index contributed by atoms with van der Waals surface area (Å²) in [6.07, 6.45) is 4.77. The average molecular weight is 347 g/mol. The molecular weight excluding hydrogens is 322 g/mol. The summed E-state index contributed by atoms with van der Waals surface area (Å²) in [6, 6.07) is 5.40. The highest BCUT2D eigenvalue weighted by Gasteiger charge is 2.28. The smallest absolute Gasteiger partial charge is 0.310 e. The molecule has 25 heavy (non-hydrogen) atoms. The lowest BCUT2D eigenvalue weighted by Gasteiger charge is -2.30. The first-order chi connectivity index (χ1) is 12.1. The van der Waals surface area contributed by atoms with Gasteiger partial charge in [0.1, 0.15) is 11.5 Å². The zero-order chi connectivity index (χ0) is 18.2. The molecule has 0 aliphatic carbocycles. The normalized spacial score (nSPS) is 17.4. The van der Waals surface area contributed by atoms with E-state index < -0.39 is 0 Å². The van der Waals surface area contributed by atoms with Gasteiger partial charge >= 0.3 is 5.97 Å². The van der Waals surface area contributed by atoms with Gasteiger partial charge in [0.2, 0.25) is 5.91 Å². The van der Waals surface area contributed by atoms with Crippen molar-refractivity contribution in [2.24, 2.45) is 5.92 Å². The monoisotopic (exact) mass is 347 g/mol. The van der Waals surface area contributed by atoms with Gasteiger partial charge in [-0.1, -0.05) is 0 Å². The third kappa shape index (κ3) is 4.98. The summed E-state index contributed by atoms with van der Waals surface area (Å²) < 4.78 is 15.6. The Kier molecular flexibility index (Phi) is 6.86. The number of piperidine rings is 1. The Labute approximate surface area is 148 Å². The molecule has 1 amide bonds. The number of likely N-dealkylation sites (tertiary alicyclic amines) is 1. The van der Waals surface area contributed by atoms with Crippen LogP contribution in [0.25, 0.3) is 6.08 Å². The molecule has 0 bridgehead atoms. The predicted molar refractivity (Wildman–Crippen MR) is 94.5 cm³/mol. The Hall–Kier alpha value is -2.50. The highest BCUT2D eigenvalue weighted by atomic mass is 16.5. The van der Waals surface area contributed by atoms with Crippen molar-refractivity contribution in [3.05, 3.63) is 29.8 Å². The molecule has 2 rings (SSSR count). The zero-order valence-electron chi connectivity index (χ0n) is 15.0. The van der Waals surface area contributed by atoms with Crippen LogP contribution in [0.1, 0.15) is 25.3 Å². The number of benzene rings is 1. The van der Waals surface area contributed by atoms with Crippen molar-refractivity contribution in [1.82, 2.24) is 4.90 Å². The standard InChI is InChI=1S/C19H25NO5/c1-4-25-19(22)15-6-5-11-20(13-15)18(21)10-7-14-12-16(23-2)8-9-17(14)24-3/h7-10,12,15H,4-6,11,13H2,1-3H3/b10-7-/t15-/m0/s1. The quantitative estimate of drug-likeness (QED) is 0.584. The lowest BCUT2D eigenvalue weighted by molar-refractivity contribution is -0.150. The van der Waals surface area contributed by atoms with Crippen molar-refractivity contribution in [3.63, 3.8) is 0 Å². The van der Waals surface area contributed by atoms with Crippen molar-refractivity contribution in [3.8, 4) is 11.5 Å². The van der Waals surface area contributed by atoms with E-state index in [1.54, 1.807) is 50.3 Å². The number of carbonyl (C=O) groups excluding carboxylic acids is 2. The van der Waals surface area contributed by atoms with E-state index >= 15 is 0 Å². The number of carbonyl (C=O) groups is 2. The summed E-state index contributed by atoms with van der Waals surface area (Å²) in [5.41, 5.74) is 0.758. The molecule has 1 fully saturated rings. The summed E-state index contributed by atoms with van der Waals surface area (Å²) in [5.74, 6) is 0.760. The van der Waals surface area contributed by atoms with Gasteiger partial charge in [-0.25, -0.2) is 0 Å². The van der Waals surface area contributed by atoms with Gasteiger partial charge in [-0.2, -0.15) is 0 Å². The topological polar surface area (TPSA) is 65.1 Å². The lowest BCUT2D eigenvalue weighted by atomic mass is 9.98. The number of esters is 1. The largest absolute Gasteiger partial charge is 0.497 e. The first-order valence-electron chi connectivity index (χ1n) is 8.44. The van der Waals surface area contributed by atoms with E-state index in [0.717, 1.165) is 18.4 Å². The van der Waals surface area contributed by atoms with Crippen LogP contribution in [0.2, 0.25) is 0 Å². The summed E-state index contributed by atoms with van der Waals surface area (Å²) >= 11 is 0. The van der Waals surface area contributed by atoms with Crippen molar-refractivity contribution < 1.29 is 23.8 Å². The molecule has 1 aliphatic heterocycles. The number of ether oxygens (including phenoxy) is 3. The van der Waals surface area contributed by atoms with Crippen LogP contribution >= 0.6 is 0 Å². The van der Waals surface area contributed by atoms with Crippen LogP contribution in [0.3, 0.4) is 0 Å². The molecular formula is C19H25NO5. The van der Waals surface area contributed by atoms with Crippen molar-refractivity contribution in [2.45, 2.75) is 19.8 Å². The Bertz CT molecular complexity index is 641. The lowest BCUT2D eigenvalue weighted by Crippen LogP contribution is -2.42. The maximum Gasteiger partial charge on any atom is 0.310 e. The molecule has 6 nitrogen and oxygen atoms in total. The van der Waals surface area contributed by atoms with Crippen LogP contribution in [0.5, 0.6) is 11.5 Å². The fourth-order valence-electron chi connectivity index (χ4n) is 2.87. The van der Waals surface area contributed by atoms with Crippen LogP contribution in [0, 0.1) is 5.92 Å². The molecule has 0 N–H and O–H groups in total. The minimum absolute atomic E-state index is 0.126. The molecule has 0 spiro atoms. The number of hydrogen-bond donors (Lipinski definition) is 0. The van der Waals surface area contributed by atoms with E-state index in [9.17, 15) is 9.59 Å². The maximum atomic E-state index is 12.5. The van der Waals surface area contributed by atoms with Gasteiger partial charge in [-0.05, 0) is 44.0 Å². The van der Waals surface area contributed by atoms with E-state index in [2.05, 4.69) is 0 Å². The molecule has 0 unspecified atom stereocenters. The minimum atomic E-state index is -0.239. The molecule has 1 aliphatic rings. The number of hydrogen-bond acceptors (Lipinski definition) is 5. The highest BCUT2D eigenvalue weighted by molar-refractivity contribution is 5.92. The summed E-state index contributed by atoms with van der Waals surface area (Å²) in [4.78, 5) is 26.0. The molecule has 6 heteroatoms. The van der Waals surface area contributed by atoms with Gasteiger partial charge in [0.05, 0.1) is 26.7 Å². The highest BCUT2D eigenvalue weighted by Crippen LogP contribution is 2.25. The zero-order valence-corrected chi connectivity index (χ0v) is 15.0. The Morgan fingerprint density at radius 2 is 2.08 bits per heavy atom. The van der Waals surface area contributed by atoms with Gasteiger partial charge in [0, 0.05) is 24.7 Å². The Morgan fingerprint density at radius 3 is 2.76 bits per heavy atom. The van der Waals surface area contributed by atoms with Crippen LogP contribution in [-0.4, -0.2) is 50.7 Å². The number of methoxy groups -OCH3 is 2. The van der Waals surface area contributed by atoms with Gasteiger partial charge in [0.15, 0.2) is 0 Å². The van der Waals surface area contributed by atoms with Crippen molar-refractivity contribution in [2.75, 3.05) is 33.9 Å². The molecule has 1 aromatic carbocycles. The van der Waals surface area contributed by atoms with Gasteiger partial charge in [-0.15, -0.1) is 0 Å². The van der Waals surface area contributed by atoms with Crippen LogP contribution in [0.4, 0.5) is 0 Å². The number of rotatable bonds is 6. The molecule has 0 radical (unpaired) electrons. The van der Waals surface area contributed by atoms with E-state index in [-0.39, 0.29) is 17.8 Å². The molecule has 1 atom stereocenters. The molecule has 136 valence electrons. The fourth-order valence-corrected chi connectivity index (χ4v) is 2.87. The van der Waals surface area contributed by atoms with Gasteiger partial charge < -0.3 is 19.1 Å². The van der Waals surface area contributed by atoms with E-state index in [0.29, 0.717) is 31.2 Å². The summed E-state index contributed by atoms with van der Waals surface area (Å²) in [7, 11) is 3.17. The number of nitrogens with zero attached hydrogens (tertiary/aromatic N) is 1. The summed E-state index contributed by atoms with van der Waals surface area (Å²) in [5, 5.41) is 0. The van der Waals surface area contributed by atoms with Crippen molar-refractivity contribution in [1.29, 1.82) is 0 Å². The van der Waals surface area contributed by atoms with E-state index in [1.807, 2.05) is 0 Å². The molecule has 1 saturated heterocycles. The second kappa shape index (κ2) is 9.11. The first-order valence-corrected chi connectivity index (χ1v) is 8.44. The van der Waals surface area contributed by atoms with Gasteiger partial charge in [0.25, 0.3) is 0 Å². The first kappa shape index (κ1) is 18.8. The van der Waals surface area contributed by atoms with Crippen molar-refractivity contribution >= 4 is 18.0 Å². The third-order valence-electron chi connectivity index (χ3n) is 4.20.